The molecule has 0 unspecified atom stereocenters. The van der Waals surface area contributed by atoms with Crippen LogP contribution in [0.2, 0.25) is 0 Å². The topological polar surface area (TPSA) is 17.8 Å². The van der Waals surface area contributed by atoms with Crippen LogP contribution in [0.15, 0.2) is 12.4 Å². The molecule has 0 aliphatic carbocycles. The average molecular weight is 203 g/mol. The summed E-state index contributed by atoms with van der Waals surface area (Å²) in [4.78, 5) is 0. The first kappa shape index (κ1) is 9.94. The molecule has 1 rings (SSSR count). The first-order chi connectivity index (χ1) is 5.71. The Kier molecular flexibility index (Phi) is 2.04. The minimum Gasteiger partial charge on any atom is -0.445 e. The lowest BCUT2D eigenvalue weighted by Crippen LogP contribution is -2.33. The lowest BCUT2D eigenvalue weighted by molar-refractivity contribution is -0.212. The van der Waals surface area contributed by atoms with E-state index in [0.29, 0.717) is 0 Å². The molecule has 0 bridgehead atoms. The van der Waals surface area contributed by atoms with Crippen LogP contribution in [0.4, 0.5) is 26.1 Å². The second-order valence-corrected chi connectivity index (χ2v) is 2.26. The zero-order valence-corrected chi connectivity index (χ0v) is 5.89. The van der Waals surface area contributed by atoms with Gasteiger partial charge in [-0.25, -0.2) is 0 Å². The van der Waals surface area contributed by atoms with Gasteiger partial charge in [-0.15, -0.1) is 13.2 Å². The molecule has 0 aromatic carbocycles. The maximum absolute atomic E-state index is 11.8. The summed E-state index contributed by atoms with van der Waals surface area (Å²) in [5.74, 6) is 0. The van der Waals surface area contributed by atoms with Gasteiger partial charge >= 0.3 is 13.3 Å². The molecule has 0 atom stereocenters. The van der Waals surface area contributed by atoms with E-state index < -0.39 is 23.4 Å². The molecule has 2 nitrogen and oxygen atoms in total. The van der Waals surface area contributed by atoms with Crippen molar-refractivity contribution in [2.24, 2.45) is 0 Å². The molecule has 0 saturated heterocycles. The van der Waals surface area contributed by atoms with Crippen molar-refractivity contribution < 1.29 is 26.1 Å². The van der Waals surface area contributed by atoms with Gasteiger partial charge in [-0.05, 0) is 0 Å². The molecule has 0 aliphatic heterocycles. The Labute approximate surface area is 68.2 Å². The molecule has 0 saturated carbocycles. The Morgan fingerprint density at radius 1 is 1.23 bits per heavy atom. The molecule has 13 heavy (non-hydrogen) atoms. The Bertz CT molecular complexity index is 270. The van der Waals surface area contributed by atoms with Crippen LogP contribution in [0.1, 0.15) is 0 Å². The zero-order valence-electron chi connectivity index (χ0n) is 5.89. The quantitative estimate of drug-likeness (QED) is 0.498. The fourth-order valence-corrected chi connectivity index (χ4v) is 0.644. The summed E-state index contributed by atoms with van der Waals surface area (Å²) < 4.78 is 70.0. The van der Waals surface area contributed by atoms with Crippen LogP contribution in [0.5, 0.6) is 0 Å². The summed E-state index contributed by atoms with van der Waals surface area (Å²) in [7, 11) is 0. The van der Waals surface area contributed by atoms with E-state index >= 15 is 0 Å². The molecule has 1 aromatic rings. The van der Waals surface area contributed by atoms with Crippen LogP contribution >= 0.6 is 0 Å². The molecule has 1 aromatic heterocycles. The summed E-state index contributed by atoms with van der Waals surface area (Å²) in [5.41, 5.74) is -1.36. The number of hydrogen-bond acceptors (Lipinski definition) is 1. The van der Waals surface area contributed by atoms with E-state index in [4.69, 9.17) is 0 Å². The Balaban J connectivity index is 3.01. The maximum atomic E-state index is 11.8. The highest BCUT2D eigenvalue weighted by Gasteiger charge is 2.34. The smallest absolute Gasteiger partial charge is 0.445 e. The van der Waals surface area contributed by atoms with Gasteiger partial charge in [-0.2, -0.15) is 9.78 Å². The fraction of sp³-hybridized carbons (Fsp3) is 0.250. The monoisotopic (exact) mass is 203 g/mol. The number of halogens is 6. The number of aromatic nitrogens is 2. The Morgan fingerprint density at radius 3 is 2.00 bits per heavy atom. The van der Waals surface area contributed by atoms with Gasteiger partial charge in [0.2, 0.25) is 0 Å². The third-order valence-electron chi connectivity index (χ3n) is 1.24. The van der Waals surface area contributed by atoms with Crippen LogP contribution in [0.3, 0.4) is 0 Å². The maximum Gasteiger partial charge on any atom is 0.512 e. The highest BCUT2D eigenvalue weighted by molar-refractivity contribution is 6.73. The lowest BCUT2D eigenvalue weighted by Gasteiger charge is -2.10. The second kappa shape index (κ2) is 2.67. The second-order valence-electron chi connectivity index (χ2n) is 2.26. The van der Waals surface area contributed by atoms with E-state index in [0.717, 1.165) is 0 Å². The van der Waals surface area contributed by atoms with E-state index in [1.54, 1.807) is 0 Å². The normalized spacial score (nSPS) is 13.4. The molecule has 1 heterocycles. The summed E-state index contributed by atoms with van der Waals surface area (Å²) >= 11 is 0. The van der Waals surface area contributed by atoms with Crippen LogP contribution in [-0.4, -0.2) is 16.8 Å². The molecule has 74 valence electrons. The van der Waals surface area contributed by atoms with E-state index in [9.17, 15) is 26.1 Å². The summed E-state index contributed by atoms with van der Waals surface area (Å²) in [6.07, 6.45) is -4.84. The lowest BCUT2D eigenvalue weighted by atomic mass is 9.83. The zero-order chi connectivity index (χ0) is 10.3. The van der Waals surface area contributed by atoms with Crippen molar-refractivity contribution in [3.8, 4) is 0 Å². The average Bonchev–Trinajstić information content (AvgIpc) is 2.28. The minimum atomic E-state index is -5.42. The predicted octanol–water partition coefficient (Wildman–Crippen LogP) is 1.41. The van der Waals surface area contributed by atoms with E-state index in [2.05, 4.69) is 5.10 Å². The van der Waals surface area contributed by atoms with Crippen molar-refractivity contribution >= 4 is 12.4 Å². The molecule has 0 N–H and O–H groups in total. The Hall–Kier alpha value is -1.15. The largest absolute Gasteiger partial charge is 0.512 e. The summed E-state index contributed by atoms with van der Waals surface area (Å²) in [6.45, 7) is -5.42. The standard InChI is InChI=1S/C4H2BF6N2/c6-4(7,8)13-2-3(1-12-13)5(9,10)11/h1-2H/q-1. The van der Waals surface area contributed by atoms with Crippen LogP contribution < -0.4 is 5.46 Å². The van der Waals surface area contributed by atoms with Gasteiger partial charge in [0.25, 0.3) is 0 Å². The molecule has 9 heteroatoms. The molecule has 0 aliphatic rings. The third kappa shape index (κ3) is 2.16. The van der Waals surface area contributed by atoms with Gasteiger partial charge in [0, 0.05) is 12.4 Å². The van der Waals surface area contributed by atoms with Gasteiger partial charge in [0.05, 0.1) is 0 Å². The fourth-order valence-electron chi connectivity index (χ4n) is 0.644. The summed E-state index contributed by atoms with van der Waals surface area (Å²) in [5, 5.41) is 2.54. The highest BCUT2D eigenvalue weighted by atomic mass is 19.4. The number of nitrogens with zero attached hydrogens (tertiary/aromatic N) is 2. The summed E-state index contributed by atoms with van der Waals surface area (Å²) in [6, 6.07) is 0. The molecular weight excluding hydrogens is 201 g/mol. The SMILES string of the molecule is F[B-](F)(F)c1cnn(C(F)(F)F)c1. The van der Waals surface area contributed by atoms with Gasteiger partial charge < -0.3 is 12.9 Å². The predicted molar refractivity (Wildman–Crippen MR) is 32.2 cm³/mol. The van der Waals surface area contributed by atoms with Crippen molar-refractivity contribution in [3.63, 3.8) is 0 Å². The first-order valence-electron chi connectivity index (χ1n) is 3.03. The van der Waals surface area contributed by atoms with Crippen molar-refractivity contribution in [1.29, 1.82) is 0 Å². The molecule has 0 amide bonds. The van der Waals surface area contributed by atoms with Crippen LogP contribution in [0, 0.1) is 0 Å². The van der Waals surface area contributed by atoms with Crippen LogP contribution in [0.25, 0.3) is 0 Å². The van der Waals surface area contributed by atoms with Gasteiger partial charge in [-0.3, -0.25) is 0 Å². The Morgan fingerprint density at radius 2 is 1.77 bits per heavy atom. The highest BCUT2D eigenvalue weighted by Crippen LogP contribution is 2.20. The van der Waals surface area contributed by atoms with Crippen molar-refractivity contribution in [1.82, 2.24) is 9.78 Å². The number of rotatable bonds is 1. The molecular formula is C4H2BF6N2-. The van der Waals surface area contributed by atoms with Crippen molar-refractivity contribution in [2.45, 2.75) is 6.30 Å². The van der Waals surface area contributed by atoms with Crippen LogP contribution in [-0.2, 0) is 6.30 Å². The number of hydrogen-bond donors (Lipinski definition) is 0. The van der Waals surface area contributed by atoms with Gasteiger partial charge in [-0.1, -0.05) is 5.46 Å². The first-order valence-corrected chi connectivity index (χ1v) is 3.03. The third-order valence-corrected chi connectivity index (χ3v) is 1.24. The number of alkyl halides is 3. The van der Waals surface area contributed by atoms with E-state index in [1.165, 1.54) is 0 Å². The van der Waals surface area contributed by atoms with E-state index in [1.807, 2.05) is 0 Å². The minimum absolute atomic E-state index is 0.0833. The van der Waals surface area contributed by atoms with Crippen molar-refractivity contribution in [3.05, 3.63) is 12.4 Å². The van der Waals surface area contributed by atoms with Gasteiger partial charge in [0.1, 0.15) is 0 Å². The van der Waals surface area contributed by atoms with Gasteiger partial charge in [0.15, 0.2) is 0 Å². The van der Waals surface area contributed by atoms with Crippen molar-refractivity contribution in [2.75, 3.05) is 0 Å². The molecule has 0 radical (unpaired) electrons. The molecule has 0 spiro atoms. The van der Waals surface area contributed by atoms with E-state index in [-0.39, 0.29) is 12.4 Å². The molecule has 0 fully saturated rings.